The van der Waals surface area contributed by atoms with E-state index in [1.807, 2.05) is 46.8 Å². The highest BCUT2D eigenvalue weighted by Gasteiger charge is 2.31. The summed E-state index contributed by atoms with van der Waals surface area (Å²) in [7, 11) is 0. The fraction of sp³-hybridized carbons (Fsp3) is 0.429. The third-order valence-corrected chi connectivity index (χ3v) is 5.84. The summed E-state index contributed by atoms with van der Waals surface area (Å²) in [4.78, 5) is 25.0. The van der Waals surface area contributed by atoms with Crippen LogP contribution >= 0.6 is 0 Å². The summed E-state index contributed by atoms with van der Waals surface area (Å²) in [6.45, 7) is 13.6. The predicted molar refractivity (Wildman–Crippen MR) is 132 cm³/mol. The summed E-state index contributed by atoms with van der Waals surface area (Å²) < 4.78 is 17.7. The zero-order chi connectivity index (χ0) is 24.5. The van der Waals surface area contributed by atoms with Crippen molar-refractivity contribution in [1.29, 1.82) is 0 Å². The van der Waals surface area contributed by atoms with Gasteiger partial charge in [0.1, 0.15) is 11.9 Å². The number of carbonyl (C=O) groups is 2. The lowest BCUT2D eigenvalue weighted by atomic mass is 9.77. The van der Waals surface area contributed by atoms with Crippen molar-refractivity contribution in [3.8, 4) is 0 Å². The first-order valence-electron chi connectivity index (χ1n) is 11.7. The minimum absolute atomic E-state index is 0.0371. The minimum Gasteiger partial charge on any atom is -0.446 e. The minimum atomic E-state index is -0.490. The quantitative estimate of drug-likeness (QED) is 0.348. The molecule has 0 saturated heterocycles. The van der Waals surface area contributed by atoms with E-state index in [0.717, 1.165) is 36.8 Å². The fourth-order valence-corrected chi connectivity index (χ4v) is 3.85. The number of hydrogen-bond donors (Lipinski definition) is 1. The molecule has 1 saturated carbocycles. The lowest BCUT2D eigenvalue weighted by molar-refractivity contribution is 0.0552. The van der Waals surface area contributed by atoms with Crippen molar-refractivity contribution in [3.63, 3.8) is 0 Å². The Hall–Kier alpha value is -2.95. The van der Waals surface area contributed by atoms with E-state index in [0.29, 0.717) is 17.2 Å². The number of halogens is 1. The molecule has 1 atom stereocenters. The van der Waals surface area contributed by atoms with E-state index < -0.39 is 6.09 Å². The van der Waals surface area contributed by atoms with Gasteiger partial charge in [0.05, 0.1) is 5.69 Å². The number of aryl methyl sites for hydroxylation is 2. The van der Waals surface area contributed by atoms with Crippen LogP contribution in [0.2, 0.25) is 0 Å². The van der Waals surface area contributed by atoms with Crippen LogP contribution in [-0.2, 0) is 11.2 Å². The number of hydrogen-bond acceptors (Lipinski definition) is 3. The molecule has 2 aromatic rings. The number of ketones is 1. The maximum absolute atomic E-state index is 12.6. The molecule has 0 radical (unpaired) electrons. The van der Waals surface area contributed by atoms with Gasteiger partial charge in [-0.15, -0.1) is 0 Å². The first-order chi connectivity index (χ1) is 15.7. The average molecular weight is 454 g/mol. The number of rotatable bonds is 7. The van der Waals surface area contributed by atoms with Gasteiger partial charge in [-0.1, -0.05) is 69.7 Å². The normalized spacial score (nSPS) is 14.1. The number of anilines is 1. The monoisotopic (exact) mass is 453 g/mol. The van der Waals surface area contributed by atoms with Gasteiger partial charge < -0.3 is 4.74 Å². The van der Waals surface area contributed by atoms with Gasteiger partial charge in [-0.05, 0) is 56.4 Å². The second kappa shape index (κ2) is 12.3. The smallest absolute Gasteiger partial charge is 0.411 e. The molecule has 0 aromatic heterocycles. The number of nitrogens with one attached hydrogen (secondary N) is 1. The van der Waals surface area contributed by atoms with Crippen molar-refractivity contribution in [1.82, 2.24) is 0 Å². The van der Waals surface area contributed by atoms with E-state index >= 15 is 0 Å². The molecule has 1 fully saturated rings. The number of carbonyl (C=O) groups excluding carboxylic acids is 2. The van der Waals surface area contributed by atoms with Gasteiger partial charge in [0.2, 0.25) is 0 Å². The molecular formula is C28H36FNO3. The van der Waals surface area contributed by atoms with E-state index in [9.17, 15) is 14.0 Å². The molecule has 1 aliphatic rings. The van der Waals surface area contributed by atoms with Gasteiger partial charge in [-0.2, -0.15) is 0 Å². The largest absolute Gasteiger partial charge is 0.446 e. The third-order valence-electron chi connectivity index (χ3n) is 5.84. The molecule has 0 aliphatic heterocycles. The van der Waals surface area contributed by atoms with Gasteiger partial charge >= 0.3 is 6.09 Å². The van der Waals surface area contributed by atoms with Crippen LogP contribution in [0.5, 0.6) is 0 Å². The Morgan fingerprint density at radius 1 is 1.12 bits per heavy atom. The van der Waals surface area contributed by atoms with E-state index in [1.165, 1.54) is 17.7 Å². The van der Waals surface area contributed by atoms with E-state index in [1.54, 1.807) is 18.2 Å². The molecule has 3 rings (SSSR count). The summed E-state index contributed by atoms with van der Waals surface area (Å²) in [6.07, 6.45) is 2.76. The van der Waals surface area contributed by atoms with Crippen molar-refractivity contribution in [2.24, 2.45) is 11.8 Å². The molecule has 0 heterocycles. The van der Waals surface area contributed by atoms with Gasteiger partial charge in [-0.25, -0.2) is 9.18 Å². The Morgan fingerprint density at radius 3 is 2.24 bits per heavy atom. The van der Waals surface area contributed by atoms with Gasteiger partial charge in [-0.3, -0.25) is 10.1 Å². The number of allylic oxidation sites excluding steroid dienone is 1. The first-order valence-corrected chi connectivity index (χ1v) is 11.7. The SMILES string of the molecule is C=C1CC(C(CC)OC(=O)Nc2cccc(CC)c2C(=O)C(C)C)C1.Cc1ccc(F)cc1. The fourth-order valence-electron chi connectivity index (χ4n) is 3.85. The Balaban J connectivity index is 0.000000405. The topological polar surface area (TPSA) is 55.4 Å². The standard InChI is InChI=1S/C21H29NO3.C7H7F/c1-6-15-9-8-10-17(19(15)20(23)13(3)4)22-21(24)25-18(7-2)16-11-14(5)12-16;1-6-2-4-7(8)5-3-6/h8-10,13,16,18H,5-7,11-12H2,1-4H3,(H,22,24);2-5H,1H3. The van der Waals surface area contributed by atoms with Crippen LogP contribution < -0.4 is 5.32 Å². The van der Waals surface area contributed by atoms with Crippen molar-refractivity contribution in [3.05, 3.63) is 77.1 Å². The number of benzene rings is 2. The molecule has 1 amide bonds. The lowest BCUT2D eigenvalue weighted by Crippen LogP contribution is -2.33. The van der Waals surface area contributed by atoms with Crippen molar-refractivity contribution < 1.29 is 18.7 Å². The van der Waals surface area contributed by atoms with Crippen LogP contribution in [-0.4, -0.2) is 18.0 Å². The molecule has 1 N–H and O–H groups in total. The second-order valence-electron chi connectivity index (χ2n) is 8.90. The van der Waals surface area contributed by atoms with Gasteiger partial charge in [0.25, 0.3) is 0 Å². The zero-order valence-corrected chi connectivity index (χ0v) is 20.4. The predicted octanol–water partition coefficient (Wildman–Crippen LogP) is 7.52. The molecule has 4 nitrogen and oxygen atoms in total. The number of Topliss-reactive ketones (excluding diaryl/α,β-unsaturated/α-hetero) is 1. The third kappa shape index (κ3) is 7.55. The van der Waals surface area contributed by atoms with Crippen LogP contribution in [0.4, 0.5) is 14.9 Å². The van der Waals surface area contributed by atoms with Crippen LogP contribution in [0.15, 0.2) is 54.6 Å². The molecular weight excluding hydrogens is 417 g/mol. The van der Waals surface area contributed by atoms with Crippen molar-refractivity contribution in [2.75, 3.05) is 5.32 Å². The summed E-state index contributed by atoms with van der Waals surface area (Å²) in [5.41, 5.74) is 4.39. The second-order valence-corrected chi connectivity index (χ2v) is 8.90. The highest BCUT2D eigenvalue weighted by Crippen LogP contribution is 2.36. The Labute approximate surface area is 197 Å². The van der Waals surface area contributed by atoms with Crippen molar-refractivity contribution in [2.45, 2.75) is 66.4 Å². The summed E-state index contributed by atoms with van der Waals surface area (Å²) >= 11 is 0. The maximum Gasteiger partial charge on any atom is 0.411 e. The molecule has 178 valence electrons. The zero-order valence-electron chi connectivity index (χ0n) is 20.4. The average Bonchev–Trinajstić information content (AvgIpc) is 2.77. The van der Waals surface area contributed by atoms with Crippen molar-refractivity contribution >= 4 is 17.6 Å². The van der Waals surface area contributed by atoms with Crippen LogP contribution in [0.3, 0.4) is 0 Å². The lowest BCUT2D eigenvalue weighted by Gasteiger charge is -2.34. The Kier molecular flexibility index (Phi) is 9.83. The molecule has 1 unspecified atom stereocenters. The van der Waals surface area contributed by atoms with Crippen LogP contribution in [0.1, 0.15) is 68.4 Å². The van der Waals surface area contributed by atoms with E-state index in [-0.39, 0.29) is 23.6 Å². The Bertz CT molecular complexity index is 937. The number of ether oxygens (including phenoxy) is 1. The highest BCUT2D eigenvalue weighted by molar-refractivity contribution is 6.06. The molecule has 0 bridgehead atoms. The van der Waals surface area contributed by atoms with Crippen LogP contribution in [0.25, 0.3) is 0 Å². The van der Waals surface area contributed by atoms with Gasteiger partial charge in [0.15, 0.2) is 5.78 Å². The molecule has 1 aliphatic carbocycles. The first kappa shape index (κ1) is 26.3. The Morgan fingerprint density at radius 2 is 1.76 bits per heavy atom. The van der Waals surface area contributed by atoms with E-state index in [4.69, 9.17) is 4.74 Å². The summed E-state index contributed by atoms with van der Waals surface area (Å²) in [5.74, 6) is 0.0984. The summed E-state index contributed by atoms with van der Waals surface area (Å²) in [6, 6.07) is 12.0. The highest BCUT2D eigenvalue weighted by atomic mass is 19.1. The molecule has 5 heteroatoms. The van der Waals surface area contributed by atoms with Gasteiger partial charge in [0, 0.05) is 17.4 Å². The number of amides is 1. The molecule has 2 aromatic carbocycles. The maximum atomic E-state index is 12.6. The van der Waals surface area contributed by atoms with Crippen LogP contribution in [0, 0.1) is 24.6 Å². The van der Waals surface area contributed by atoms with E-state index in [2.05, 4.69) is 11.9 Å². The molecule has 0 spiro atoms. The molecule has 33 heavy (non-hydrogen) atoms. The summed E-state index contributed by atoms with van der Waals surface area (Å²) in [5, 5.41) is 2.80.